The van der Waals surface area contributed by atoms with Gasteiger partial charge in [0.1, 0.15) is 11.2 Å². The van der Waals surface area contributed by atoms with Crippen molar-refractivity contribution in [3.63, 3.8) is 0 Å². The molecule has 0 bridgehead atoms. The van der Waals surface area contributed by atoms with E-state index in [1.54, 1.807) is 24.3 Å². The number of para-hydroxylation sites is 3. The van der Waals surface area contributed by atoms with E-state index in [9.17, 15) is 9.59 Å². The molecule has 5 rings (SSSR count). The molecule has 0 spiro atoms. The predicted octanol–water partition coefficient (Wildman–Crippen LogP) is 4.35. The molecular weight excluding hydrogens is 426 g/mol. The SMILES string of the molecule is CN(C)c1cc(Nc2ccccc2)c2c(=O)n(-c3ccccc3)c(=O)n(-c3ccccc3)c2n1. The first kappa shape index (κ1) is 21.2. The molecule has 2 aromatic heterocycles. The standard InChI is InChI=1S/C27H23N5O2/c1-30(2)23-18-22(28-19-12-6-3-7-13-19)24-25(29-23)31(20-14-8-4-9-15-20)27(34)32(26(24)33)21-16-10-5-11-17-21/h3-18H,1-2H3,(H,28,29). The molecule has 0 radical (unpaired) electrons. The molecule has 2 heterocycles. The monoisotopic (exact) mass is 449 g/mol. The van der Waals surface area contributed by atoms with Gasteiger partial charge in [-0.3, -0.25) is 4.79 Å². The summed E-state index contributed by atoms with van der Waals surface area (Å²) < 4.78 is 2.69. The summed E-state index contributed by atoms with van der Waals surface area (Å²) >= 11 is 0. The predicted molar refractivity (Wildman–Crippen MR) is 137 cm³/mol. The molecule has 0 saturated heterocycles. The zero-order chi connectivity index (χ0) is 23.7. The summed E-state index contributed by atoms with van der Waals surface area (Å²) in [4.78, 5) is 34.3. The van der Waals surface area contributed by atoms with E-state index in [2.05, 4.69) is 5.32 Å². The van der Waals surface area contributed by atoms with Crippen molar-refractivity contribution >= 4 is 28.2 Å². The smallest absolute Gasteiger partial charge is 0.341 e. The van der Waals surface area contributed by atoms with Crippen LogP contribution in [0.4, 0.5) is 17.2 Å². The third-order valence-corrected chi connectivity index (χ3v) is 5.54. The lowest BCUT2D eigenvalue weighted by molar-refractivity contribution is 0.825. The molecule has 7 nitrogen and oxygen atoms in total. The molecule has 0 atom stereocenters. The average Bonchev–Trinajstić information content (AvgIpc) is 2.85. The molecule has 0 unspecified atom stereocenters. The Balaban J connectivity index is 1.95. The minimum absolute atomic E-state index is 0.290. The normalized spacial score (nSPS) is 10.9. The number of pyridine rings is 1. The maximum Gasteiger partial charge on any atom is 0.341 e. The van der Waals surface area contributed by atoms with Crippen molar-refractivity contribution in [1.82, 2.24) is 14.1 Å². The van der Waals surface area contributed by atoms with Gasteiger partial charge < -0.3 is 10.2 Å². The highest BCUT2D eigenvalue weighted by molar-refractivity contribution is 5.93. The Morgan fingerprint density at radius 2 is 1.26 bits per heavy atom. The van der Waals surface area contributed by atoms with Crippen molar-refractivity contribution in [2.45, 2.75) is 0 Å². The fourth-order valence-corrected chi connectivity index (χ4v) is 3.90. The minimum atomic E-state index is -0.482. The molecule has 0 saturated carbocycles. The molecule has 168 valence electrons. The Morgan fingerprint density at radius 3 is 1.82 bits per heavy atom. The first-order valence-electron chi connectivity index (χ1n) is 10.9. The van der Waals surface area contributed by atoms with Gasteiger partial charge in [-0.05, 0) is 36.4 Å². The van der Waals surface area contributed by atoms with E-state index in [-0.39, 0.29) is 5.65 Å². The van der Waals surface area contributed by atoms with Crippen molar-refractivity contribution in [3.8, 4) is 11.4 Å². The van der Waals surface area contributed by atoms with Gasteiger partial charge in [0.2, 0.25) is 0 Å². The van der Waals surface area contributed by atoms with Crippen LogP contribution in [-0.2, 0) is 0 Å². The van der Waals surface area contributed by atoms with Gasteiger partial charge in [0, 0.05) is 25.8 Å². The van der Waals surface area contributed by atoms with Gasteiger partial charge in [-0.25, -0.2) is 18.9 Å². The number of fused-ring (bicyclic) bond motifs is 1. The Kier molecular flexibility index (Phi) is 5.43. The molecule has 0 aliphatic carbocycles. The summed E-state index contributed by atoms with van der Waals surface area (Å²) in [5.41, 5.74) is 1.88. The summed E-state index contributed by atoms with van der Waals surface area (Å²) in [7, 11) is 3.74. The lowest BCUT2D eigenvalue weighted by atomic mass is 10.2. The van der Waals surface area contributed by atoms with Gasteiger partial charge in [0.25, 0.3) is 5.56 Å². The van der Waals surface area contributed by atoms with Crippen molar-refractivity contribution < 1.29 is 0 Å². The van der Waals surface area contributed by atoms with Crippen molar-refractivity contribution in [3.05, 3.63) is 118 Å². The van der Waals surface area contributed by atoms with E-state index in [0.29, 0.717) is 28.3 Å². The maximum absolute atomic E-state index is 13.9. The van der Waals surface area contributed by atoms with E-state index < -0.39 is 11.2 Å². The molecule has 0 aliphatic heterocycles. The number of anilines is 3. The highest BCUT2D eigenvalue weighted by Crippen LogP contribution is 2.28. The number of nitrogens with one attached hydrogen (secondary N) is 1. The van der Waals surface area contributed by atoms with E-state index >= 15 is 0 Å². The summed E-state index contributed by atoms with van der Waals surface area (Å²) in [5.74, 6) is 0.617. The lowest BCUT2D eigenvalue weighted by Crippen LogP contribution is -2.39. The molecule has 0 aliphatic rings. The number of rotatable bonds is 5. The first-order chi connectivity index (χ1) is 16.5. The Morgan fingerprint density at radius 1 is 0.735 bits per heavy atom. The van der Waals surface area contributed by atoms with Gasteiger partial charge >= 0.3 is 5.69 Å². The van der Waals surface area contributed by atoms with Crippen molar-refractivity contribution in [1.29, 1.82) is 0 Å². The summed E-state index contributed by atoms with van der Waals surface area (Å²) in [5, 5.41) is 3.69. The molecule has 5 aromatic rings. The van der Waals surface area contributed by atoms with E-state index in [4.69, 9.17) is 4.98 Å². The van der Waals surface area contributed by atoms with E-state index in [0.717, 1.165) is 5.69 Å². The van der Waals surface area contributed by atoms with Crippen LogP contribution >= 0.6 is 0 Å². The van der Waals surface area contributed by atoms with Gasteiger partial charge in [-0.15, -0.1) is 0 Å². The highest BCUT2D eigenvalue weighted by Gasteiger charge is 2.21. The van der Waals surface area contributed by atoms with Gasteiger partial charge in [0.05, 0.1) is 17.1 Å². The topological polar surface area (TPSA) is 72.2 Å². The van der Waals surface area contributed by atoms with Crippen LogP contribution in [0.2, 0.25) is 0 Å². The summed E-state index contributed by atoms with van der Waals surface area (Å²) in [6.07, 6.45) is 0. The second kappa shape index (κ2) is 8.71. The first-order valence-corrected chi connectivity index (χ1v) is 10.9. The van der Waals surface area contributed by atoms with Gasteiger partial charge in [-0.1, -0.05) is 54.6 Å². The summed E-state index contributed by atoms with van der Waals surface area (Å²) in [6.45, 7) is 0. The molecule has 7 heteroatoms. The van der Waals surface area contributed by atoms with Crippen LogP contribution in [0.25, 0.3) is 22.4 Å². The third kappa shape index (κ3) is 3.73. The molecule has 0 fully saturated rings. The number of hydrogen-bond acceptors (Lipinski definition) is 5. The van der Waals surface area contributed by atoms with Gasteiger partial charge in [-0.2, -0.15) is 0 Å². The molecule has 34 heavy (non-hydrogen) atoms. The van der Waals surface area contributed by atoms with Crippen LogP contribution in [0.3, 0.4) is 0 Å². The third-order valence-electron chi connectivity index (χ3n) is 5.54. The van der Waals surface area contributed by atoms with Crippen molar-refractivity contribution in [2.24, 2.45) is 0 Å². The highest BCUT2D eigenvalue weighted by atomic mass is 16.2. The lowest BCUT2D eigenvalue weighted by Gasteiger charge is -2.19. The zero-order valence-electron chi connectivity index (χ0n) is 18.8. The molecule has 0 amide bonds. The summed E-state index contributed by atoms with van der Waals surface area (Å²) in [6, 6.07) is 29.6. The molecule has 1 N–H and O–H groups in total. The minimum Gasteiger partial charge on any atom is -0.363 e. The van der Waals surface area contributed by atoms with Crippen LogP contribution in [0, 0.1) is 0 Å². The molecular formula is C27H23N5O2. The largest absolute Gasteiger partial charge is 0.363 e. The second-order valence-electron chi connectivity index (χ2n) is 8.04. The fraction of sp³-hybridized carbons (Fsp3) is 0.0741. The Bertz CT molecular complexity index is 1580. The number of benzene rings is 3. The van der Waals surface area contributed by atoms with E-state index in [1.165, 1.54) is 9.13 Å². The number of nitrogens with zero attached hydrogens (tertiary/aromatic N) is 4. The second-order valence-corrected chi connectivity index (χ2v) is 8.04. The zero-order valence-corrected chi connectivity index (χ0v) is 18.8. The van der Waals surface area contributed by atoms with Crippen LogP contribution in [0.5, 0.6) is 0 Å². The fourth-order valence-electron chi connectivity index (χ4n) is 3.90. The van der Waals surface area contributed by atoms with Crippen LogP contribution < -0.4 is 21.5 Å². The number of hydrogen-bond donors (Lipinski definition) is 1. The Labute approximate surface area is 196 Å². The Hall–Kier alpha value is -4.65. The molecule has 3 aromatic carbocycles. The van der Waals surface area contributed by atoms with Crippen molar-refractivity contribution in [2.75, 3.05) is 24.3 Å². The van der Waals surface area contributed by atoms with E-state index in [1.807, 2.05) is 91.8 Å². The maximum atomic E-state index is 13.9. The average molecular weight is 450 g/mol. The van der Waals surface area contributed by atoms with Crippen LogP contribution in [-0.4, -0.2) is 28.2 Å². The quantitative estimate of drug-likeness (QED) is 0.432. The van der Waals surface area contributed by atoms with Crippen LogP contribution in [0.15, 0.2) is 107 Å². The van der Waals surface area contributed by atoms with Crippen LogP contribution in [0.1, 0.15) is 0 Å². The van der Waals surface area contributed by atoms with Gasteiger partial charge in [0.15, 0.2) is 5.65 Å². The number of aromatic nitrogens is 3.